The van der Waals surface area contributed by atoms with E-state index in [9.17, 15) is 9.59 Å². The van der Waals surface area contributed by atoms with Gasteiger partial charge in [-0.3, -0.25) is 9.59 Å². The molecule has 1 aliphatic carbocycles. The lowest BCUT2D eigenvalue weighted by Crippen LogP contribution is -2.42. The molecule has 1 aromatic heterocycles. The van der Waals surface area contributed by atoms with Gasteiger partial charge < -0.3 is 11.1 Å². The summed E-state index contributed by atoms with van der Waals surface area (Å²) in [6.45, 7) is 3.49. The molecule has 3 N–H and O–H groups in total. The van der Waals surface area contributed by atoms with Crippen molar-refractivity contribution in [1.29, 1.82) is 0 Å². The second-order valence-electron chi connectivity index (χ2n) is 6.16. The van der Waals surface area contributed by atoms with Crippen molar-refractivity contribution in [2.45, 2.75) is 38.6 Å². The van der Waals surface area contributed by atoms with E-state index < -0.39 is 11.9 Å². The monoisotopic (exact) mass is 346 g/mol. The summed E-state index contributed by atoms with van der Waals surface area (Å²) < 4.78 is 1.76. The third kappa shape index (κ3) is 3.14. The topological polar surface area (TPSA) is 90.0 Å². The van der Waals surface area contributed by atoms with Gasteiger partial charge in [0, 0.05) is 10.9 Å². The van der Waals surface area contributed by atoms with Gasteiger partial charge in [-0.2, -0.15) is 5.10 Å². The summed E-state index contributed by atoms with van der Waals surface area (Å²) in [6, 6.07) is 4.95. The van der Waals surface area contributed by atoms with Crippen molar-refractivity contribution < 1.29 is 9.59 Å². The maximum absolute atomic E-state index is 12.5. The molecule has 7 heteroatoms. The third-order valence-corrected chi connectivity index (χ3v) is 4.60. The van der Waals surface area contributed by atoms with E-state index in [-0.39, 0.29) is 11.8 Å². The molecule has 3 rings (SSSR count). The molecule has 1 aromatic carbocycles. The fraction of sp³-hybridized carbons (Fsp3) is 0.353. The van der Waals surface area contributed by atoms with Crippen LogP contribution in [0.2, 0.25) is 5.02 Å². The summed E-state index contributed by atoms with van der Waals surface area (Å²) >= 11 is 6.21. The predicted octanol–water partition coefficient (Wildman–Crippen LogP) is 2.32. The number of aryl methyl sites for hydroxylation is 1. The molecule has 1 saturated carbocycles. The van der Waals surface area contributed by atoms with Crippen molar-refractivity contribution in [1.82, 2.24) is 15.1 Å². The number of carbonyl (C=O) groups is 2. The van der Waals surface area contributed by atoms with E-state index in [0.29, 0.717) is 10.6 Å². The number of hydrogen-bond donors (Lipinski definition) is 2. The molecule has 1 fully saturated rings. The minimum Gasteiger partial charge on any atom is -0.368 e. The molecule has 24 heavy (non-hydrogen) atoms. The lowest BCUT2D eigenvalue weighted by atomic mass is 10.1. The van der Waals surface area contributed by atoms with Crippen LogP contribution in [0.5, 0.6) is 0 Å². The number of nitrogens with one attached hydrogen (secondary N) is 1. The van der Waals surface area contributed by atoms with Crippen LogP contribution >= 0.6 is 11.6 Å². The van der Waals surface area contributed by atoms with Gasteiger partial charge in [0.05, 0.1) is 23.1 Å². The van der Waals surface area contributed by atoms with Gasteiger partial charge in [-0.1, -0.05) is 17.7 Å². The molecular weight excluding hydrogens is 328 g/mol. The molecule has 0 spiro atoms. The number of benzene rings is 1. The Kier molecular flexibility index (Phi) is 4.32. The minimum absolute atomic E-state index is 0.289. The summed E-state index contributed by atoms with van der Waals surface area (Å²) in [4.78, 5) is 23.6. The number of aromatic nitrogens is 2. The SMILES string of the molecule is Cc1ccc(-n2ncc(C(=O)N[C@@H](C)C(N)=O)c2C2CC2)cc1Cl. The van der Waals surface area contributed by atoms with Gasteiger partial charge in [0.25, 0.3) is 5.91 Å². The van der Waals surface area contributed by atoms with Gasteiger partial charge in [-0.05, 0) is 44.4 Å². The maximum Gasteiger partial charge on any atom is 0.255 e. The van der Waals surface area contributed by atoms with Crippen LogP contribution in [-0.4, -0.2) is 27.6 Å². The van der Waals surface area contributed by atoms with E-state index in [4.69, 9.17) is 17.3 Å². The fourth-order valence-corrected chi connectivity index (χ4v) is 2.72. The Hall–Kier alpha value is -2.34. The second kappa shape index (κ2) is 6.28. The zero-order valence-corrected chi connectivity index (χ0v) is 14.3. The van der Waals surface area contributed by atoms with E-state index >= 15 is 0 Å². The molecule has 1 aliphatic rings. The lowest BCUT2D eigenvalue weighted by Gasteiger charge is -2.12. The number of amides is 2. The van der Waals surface area contributed by atoms with Crippen LogP contribution in [0.1, 0.15) is 47.3 Å². The summed E-state index contributed by atoms with van der Waals surface area (Å²) in [5, 5.41) is 7.63. The Bertz CT molecular complexity index is 811. The van der Waals surface area contributed by atoms with Gasteiger partial charge in [0.15, 0.2) is 0 Å². The Morgan fingerprint density at radius 2 is 2.12 bits per heavy atom. The highest BCUT2D eigenvalue weighted by molar-refractivity contribution is 6.31. The number of hydrogen-bond acceptors (Lipinski definition) is 3. The van der Waals surface area contributed by atoms with Crippen LogP contribution in [0.25, 0.3) is 5.69 Å². The van der Waals surface area contributed by atoms with E-state index in [1.54, 1.807) is 11.6 Å². The molecule has 0 aliphatic heterocycles. The van der Waals surface area contributed by atoms with Crippen molar-refractivity contribution in [3.8, 4) is 5.69 Å². The zero-order chi connectivity index (χ0) is 17.4. The van der Waals surface area contributed by atoms with E-state index in [2.05, 4.69) is 10.4 Å². The average Bonchev–Trinajstić information content (AvgIpc) is 3.28. The van der Waals surface area contributed by atoms with E-state index in [0.717, 1.165) is 29.8 Å². The summed E-state index contributed by atoms with van der Waals surface area (Å²) in [7, 11) is 0. The van der Waals surface area contributed by atoms with Crippen LogP contribution in [0.15, 0.2) is 24.4 Å². The molecular formula is C17H19ClN4O2. The summed E-state index contributed by atoms with van der Waals surface area (Å²) in [5.74, 6) is -0.626. The quantitative estimate of drug-likeness (QED) is 0.870. The van der Waals surface area contributed by atoms with Crippen LogP contribution in [0.3, 0.4) is 0 Å². The van der Waals surface area contributed by atoms with Crippen molar-refractivity contribution in [3.05, 3.63) is 46.2 Å². The first-order valence-electron chi connectivity index (χ1n) is 7.83. The highest BCUT2D eigenvalue weighted by Crippen LogP contribution is 2.42. The van der Waals surface area contributed by atoms with E-state index in [1.807, 2.05) is 25.1 Å². The molecule has 126 valence electrons. The van der Waals surface area contributed by atoms with Gasteiger partial charge in [-0.15, -0.1) is 0 Å². The predicted molar refractivity (Wildman–Crippen MR) is 91.4 cm³/mol. The molecule has 1 atom stereocenters. The van der Waals surface area contributed by atoms with Crippen LogP contribution in [0.4, 0.5) is 0 Å². The molecule has 0 unspecified atom stereocenters. The summed E-state index contributed by atoms with van der Waals surface area (Å²) in [6.07, 6.45) is 3.55. The molecule has 2 aromatic rings. The van der Waals surface area contributed by atoms with Crippen molar-refractivity contribution in [2.24, 2.45) is 5.73 Å². The van der Waals surface area contributed by atoms with Crippen molar-refractivity contribution in [3.63, 3.8) is 0 Å². The lowest BCUT2D eigenvalue weighted by molar-refractivity contribution is -0.119. The third-order valence-electron chi connectivity index (χ3n) is 4.19. The fourth-order valence-electron chi connectivity index (χ4n) is 2.55. The van der Waals surface area contributed by atoms with Crippen molar-refractivity contribution >= 4 is 23.4 Å². The maximum atomic E-state index is 12.5. The highest BCUT2D eigenvalue weighted by Gasteiger charge is 2.33. The minimum atomic E-state index is -0.735. The molecule has 0 saturated heterocycles. The highest BCUT2D eigenvalue weighted by atomic mass is 35.5. The Morgan fingerprint density at radius 1 is 1.42 bits per heavy atom. The second-order valence-corrected chi connectivity index (χ2v) is 6.57. The first-order valence-corrected chi connectivity index (χ1v) is 8.21. The first-order chi connectivity index (χ1) is 11.4. The normalized spacial score (nSPS) is 15.1. The smallest absolute Gasteiger partial charge is 0.255 e. The molecule has 0 bridgehead atoms. The molecule has 6 nitrogen and oxygen atoms in total. The largest absolute Gasteiger partial charge is 0.368 e. The number of nitrogens with two attached hydrogens (primary N) is 1. The first kappa shape index (κ1) is 16.5. The average molecular weight is 347 g/mol. The van der Waals surface area contributed by atoms with Gasteiger partial charge >= 0.3 is 0 Å². The van der Waals surface area contributed by atoms with Crippen molar-refractivity contribution in [2.75, 3.05) is 0 Å². The number of carbonyl (C=O) groups excluding carboxylic acids is 2. The molecule has 1 heterocycles. The summed E-state index contributed by atoms with van der Waals surface area (Å²) in [5.41, 5.74) is 8.33. The van der Waals surface area contributed by atoms with Crippen LogP contribution < -0.4 is 11.1 Å². The Labute approximate surface area is 145 Å². The molecule has 2 amide bonds. The zero-order valence-electron chi connectivity index (χ0n) is 13.5. The standard InChI is InChI=1S/C17H19ClN4O2/c1-9-3-6-12(7-14(9)18)22-15(11-4-5-11)13(8-20-22)17(24)21-10(2)16(19)23/h3,6-8,10-11H,4-5H2,1-2H3,(H2,19,23)(H,21,24)/t10-/m0/s1. The van der Waals surface area contributed by atoms with Crippen LogP contribution in [-0.2, 0) is 4.79 Å². The Morgan fingerprint density at radius 3 is 2.71 bits per heavy atom. The van der Waals surface area contributed by atoms with Crippen LogP contribution in [0, 0.1) is 6.92 Å². The molecule has 0 radical (unpaired) electrons. The number of halogens is 1. The van der Waals surface area contributed by atoms with Gasteiger partial charge in [0.1, 0.15) is 6.04 Å². The number of primary amides is 1. The van der Waals surface area contributed by atoms with E-state index in [1.165, 1.54) is 6.20 Å². The van der Waals surface area contributed by atoms with Gasteiger partial charge in [-0.25, -0.2) is 4.68 Å². The van der Waals surface area contributed by atoms with Gasteiger partial charge in [0.2, 0.25) is 5.91 Å². The number of nitrogens with zero attached hydrogens (tertiary/aromatic N) is 2. The number of rotatable bonds is 5. The Balaban J connectivity index is 1.98.